The van der Waals surface area contributed by atoms with E-state index in [-0.39, 0.29) is 12.4 Å². The minimum absolute atomic E-state index is 0.00851. The number of para-hydroxylation sites is 1. The molecule has 6 nitrogen and oxygen atoms in total. The second-order valence-corrected chi connectivity index (χ2v) is 7.53. The van der Waals surface area contributed by atoms with Crippen LogP contribution in [-0.4, -0.2) is 20.9 Å². The van der Waals surface area contributed by atoms with Gasteiger partial charge in [0.2, 0.25) is 0 Å². The fourth-order valence-electron chi connectivity index (χ4n) is 3.64. The van der Waals surface area contributed by atoms with Gasteiger partial charge in [-0.25, -0.2) is 4.98 Å². The van der Waals surface area contributed by atoms with Gasteiger partial charge in [-0.1, -0.05) is 30.3 Å². The average Bonchev–Trinajstić information content (AvgIpc) is 3.30. The first-order valence-corrected chi connectivity index (χ1v) is 10.5. The fraction of sp³-hybridized carbons (Fsp3) is 0.0370. The number of nitrogens with zero attached hydrogens (tertiary/aromatic N) is 1. The monoisotopic (exact) mass is 435 g/mol. The molecule has 5 aromatic rings. The first-order chi connectivity index (χ1) is 16.2. The Hall–Kier alpha value is -4.42. The molecule has 0 saturated carbocycles. The molecule has 0 aliphatic carbocycles. The molecule has 33 heavy (non-hydrogen) atoms. The van der Waals surface area contributed by atoms with Crippen molar-refractivity contribution in [1.82, 2.24) is 9.97 Å². The molecule has 5 rings (SSSR count). The largest absolute Gasteiger partial charge is 0.457 e. The number of H-pyrrole nitrogens is 1. The molecule has 0 amide bonds. The molecule has 162 valence electrons. The van der Waals surface area contributed by atoms with E-state index in [0.29, 0.717) is 22.5 Å². The minimum atomic E-state index is -0.112. The number of aliphatic hydroxyl groups is 1. The van der Waals surface area contributed by atoms with Crippen LogP contribution in [0.5, 0.6) is 11.5 Å². The van der Waals surface area contributed by atoms with E-state index < -0.39 is 0 Å². The van der Waals surface area contributed by atoms with Crippen molar-refractivity contribution in [2.75, 3.05) is 5.32 Å². The Kier molecular flexibility index (Phi) is 5.57. The lowest BCUT2D eigenvalue weighted by molar-refractivity contribution is 0.104. The molecule has 0 aliphatic rings. The van der Waals surface area contributed by atoms with Crippen LogP contribution >= 0.6 is 0 Å². The number of aliphatic hydroxyl groups excluding tert-OH is 1. The number of rotatable bonds is 7. The average molecular weight is 435 g/mol. The number of anilines is 2. The summed E-state index contributed by atoms with van der Waals surface area (Å²) in [4.78, 5) is 20.8. The highest BCUT2D eigenvalue weighted by atomic mass is 16.5. The zero-order valence-electron chi connectivity index (χ0n) is 17.7. The van der Waals surface area contributed by atoms with Gasteiger partial charge in [0.05, 0.1) is 23.2 Å². The Morgan fingerprint density at radius 3 is 2.36 bits per heavy atom. The van der Waals surface area contributed by atoms with Gasteiger partial charge in [-0.05, 0) is 60.2 Å². The zero-order valence-corrected chi connectivity index (χ0v) is 17.7. The second-order valence-electron chi connectivity index (χ2n) is 7.53. The van der Waals surface area contributed by atoms with E-state index in [1.807, 2.05) is 60.7 Å². The van der Waals surface area contributed by atoms with Gasteiger partial charge in [0.25, 0.3) is 0 Å². The van der Waals surface area contributed by atoms with Crippen LogP contribution < -0.4 is 10.1 Å². The van der Waals surface area contributed by atoms with Crippen LogP contribution in [0, 0.1) is 0 Å². The summed E-state index contributed by atoms with van der Waals surface area (Å²) in [6.45, 7) is -0.00851. The Morgan fingerprint density at radius 2 is 1.64 bits per heavy atom. The van der Waals surface area contributed by atoms with Crippen LogP contribution in [0.3, 0.4) is 0 Å². The molecule has 0 unspecified atom stereocenters. The van der Waals surface area contributed by atoms with Crippen LogP contribution in [0.25, 0.3) is 11.0 Å². The Bertz CT molecular complexity index is 1390. The molecule has 0 atom stereocenters. The summed E-state index contributed by atoms with van der Waals surface area (Å²) in [5.41, 5.74) is 4.16. The topological polar surface area (TPSA) is 87.2 Å². The highest BCUT2D eigenvalue weighted by Gasteiger charge is 2.18. The zero-order chi connectivity index (χ0) is 22.6. The first kappa shape index (κ1) is 20.5. The van der Waals surface area contributed by atoms with Gasteiger partial charge in [-0.2, -0.15) is 0 Å². The lowest BCUT2D eigenvalue weighted by Crippen LogP contribution is -2.02. The van der Waals surface area contributed by atoms with E-state index in [9.17, 15) is 9.90 Å². The molecule has 3 aromatic carbocycles. The number of aromatic nitrogens is 2. The number of ether oxygens (including phenoxy) is 1. The van der Waals surface area contributed by atoms with Gasteiger partial charge >= 0.3 is 0 Å². The van der Waals surface area contributed by atoms with Gasteiger partial charge in [0.15, 0.2) is 5.78 Å². The SMILES string of the molecule is O=C(c1ccc(Oc2ccccc2)cc1)c1c[nH]c2nccc(Nc3ccc(CO)cc3)c12. The summed E-state index contributed by atoms with van der Waals surface area (Å²) in [5, 5.41) is 13.3. The Balaban J connectivity index is 1.42. The number of nitrogens with one attached hydrogen (secondary N) is 2. The first-order valence-electron chi connectivity index (χ1n) is 10.5. The number of aromatic amines is 1. The Labute approximate surface area is 190 Å². The standard InChI is InChI=1S/C27H21N3O3/c31-17-18-6-10-20(11-7-18)30-24-14-15-28-27-25(24)23(16-29-27)26(32)19-8-12-22(13-9-19)33-21-4-2-1-3-5-21/h1-16,31H,17H2,(H2,28,29,30). The number of carbonyl (C=O) groups excluding carboxylic acids is 1. The van der Waals surface area contributed by atoms with Crippen LogP contribution in [0.4, 0.5) is 11.4 Å². The van der Waals surface area contributed by atoms with E-state index >= 15 is 0 Å². The number of ketones is 1. The normalized spacial score (nSPS) is 10.8. The smallest absolute Gasteiger partial charge is 0.195 e. The molecular weight excluding hydrogens is 414 g/mol. The van der Waals surface area contributed by atoms with E-state index in [1.54, 1.807) is 36.7 Å². The van der Waals surface area contributed by atoms with Gasteiger partial charge in [0, 0.05) is 23.6 Å². The molecule has 0 fully saturated rings. The van der Waals surface area contributed by atoms with Crippen molar-refractivity contribution in [3.63, 3.8) is 0 Å². The lowest BCUT2D eigenvalue weighted by Gasteiger charge is -2.10. The summed E-state index contributed by atoms with van der Waals surface area (Å²) in [7, 11) is 0. The maximum atomic E-state index is 13.3. The highest BCUT2D eigenvalue weighted by Crippen LogP contribution is 2.30. The molecule has 0 saturated heterocycles. The fourth-order valence-corrected chi connectivity index (χ4v) is 3.64. The molecule has 2 aromatic heterocycles. The molecule has 2 heterocycles. The van der Waals surface area contributed by atoms with Crippen molar-refractivity contribution >= 4 is 28.2 Å². The summed E-state index contributed by atoms with van der Waals surface area (Å²) in [6, 6.07) is 25.9. The Morgan fingerprint density at radius 1 is 0.909 bits per heavy atom. The quantitative estimate of drug-likeness (QED) is 0.280. The second kappa shape index (κ2) is 8.98. The van der Waals surface area contributed by atoms with Crippen LogP contribution in [0.2, 0.25) is 0 Å². The maximum absolute atomic E-state index is 13.3. The number of fused-ring (bicyclic) bond motifs is 1. The molecule has 3 N–H and O–H groups in total. The van der Waals surface area contributed by atoms with Crippen molar-refractivity contribution in [3.05, 3.63) is 114 Å². The number of benzene rings is 3. The van der Waals surface area contributed by atoms with Gasteiger partial charge in [0.1, 0.15) is 17.1 Å². The third-order valence-electron chi connectivity index (χ3n) is 5.33. The van der Waals surface area contributed by atoms with E-state index in [1.165, 1.54) is 0 Å². The molecule has 0 radical (unpaired) electrons. The predicted octanol–water partition coefficient (Wildman–Crippen LogP) is 5.82. The summed E-state index contributed by atoms with van der Waals surface area (Å²) < 4.78 is 5.82. The number of hydrogen-bond donors (Lipinski definition) is 3. The molecular formula is C27H21N3O3. The van der Waals surface area contributed by atoms with Gasteiger partial charge in [-0.3, -0.25) is 4.79 Å². The number of pyridine rings is 1. The van der Waals surface area contributed by atoms with Crippen molar-refractivity contribution < 1.29 is 14.6 Å². The van der Waals surface area contributed by atoms with E-state index in [4.69, 9.17) is 4.74 Å². The predicted molar refractivity (Wildman–Crippen MR) is 128 cm³/mol. The van der Waals surface area contributed by atoms with Crippen molar-refractivity contribution in [1.29, 1.82) is 0 Å². The maximum Gasteiger partial charge on any atom is 0.195 e. The van der Waals surface area contributed by atoms with Crippen LogP contribution in [0.15, 0.2) is 97.3 Å². The van der Waals surface area contributed by atoms with Crippen molar-refractivity contribution in [3.8, 4) is 11.5 Å². The van der Waals surface area contributed by atoms with E-state index in [2.05, 4.69) is 15.3 Å². The van der Waals surface area contributed by atoms with Crippen molar-refractivity contribution in [2.45, 2.75) is 6.61 Å². The number of carbonyl (C=O) groups is 1. The summed E-state index contributed by atoms with van der Waals surface area (Å²) >= 11 is 0. The third kappa shape index (κ3) is 4.33. The molecule has 6 heteroatoms. The number of hydrogen-bond acceptors (Lipinski definition) is 5. The van der Waals surface area contributed by atoms with E-state index in [0.717, 1.165) is 28.1 Å². The van der Waals surface area contributed by atoms with Gasteiger partial charge in [-0.15, -0.1) is 0 Å². The minimum Gasteiger partial charge on any atom is -0.457 e. The highest BCUT2D eigenvalue weighted by molar-refractivity contribution is 6.18. The summed E-state index contributed by atoms with van der Waals surface area (Å²) in [5.74, 6) is 1.29. The lowest BCUT2D eigenvalue weighted by atomic mass is 10.0. The summed E-state index contributed by atoms with van der Waals surface area (Å²) in [6.07, 6.45) is 3.38. The van der Waals surface area contributed by atoms with Crippen LogP contribution in [-0.2, 0) is 6.61 Å². The van der Waals surface area contributed by atoms with Crippen LogP contribution in [0.1, 0.15) is 21.5 Å². The van der Waals surface area contributed by atoms with Crippen molar-refractivity contribution in [2.24, 2.45) is 0 Å². The molecule has 0 spiro atoms. The van der Waals surface area contributed by atoms with Gasteiger partial charge < -0.3 is 20.1 Å². The molecule has 0 bridgehead atoms. The molecule has 0 aliphatic heterocycles. The third-order valence-corrected chi connectivity index (χ3v) is 5.33.